The van der Waals surface area contributed by atoms with Gasteiger partial charge in [-0.2, -0.15) is 0 Å². The topological polar surface area (TPSA) is 75.2 Å². The van der Waals surface area contributed by atoms with E-state index in [1.807, 2.05) is 35.8 Å². The summed E-state index contributed by atoms with van der Waals surface area (Å²) in [6.07, 6.45) is 2.24. The Morgan fingerprint density at radius 2 is 1.85 bits per heavy atom. The summed E-state index contributed by atoms with van der Waals surface area (Å²) in [4.78, 5) is 0. The van der Waals surface area contributed by atoms with Gasteiger partial charge in [-0.1, -0.05) is 5.10 Å². The predicted molar refractivity (Wildman–Crippen MR) is 74.0 cm³/mol. The van der Waals surface area contributed by atoms with Crippen LogP contribution in [0.1, 0.15) is 37.7 Å². The fourth-order valence-electron chi connectivity index (χ4n) is 2.09. The average molecular weight is 274 g/mol. The summed E-state index contributed by atoms with van der Waals surface area (Å²) in [6, 6.07) is 8.15. The van der Waals surface area contributed by atoms with Crippen LogP contribution < -0.4 is 15.2 Å². The summed E-state index contributed by atoms with van der Waals surface area (Å²) < 4.78 is 12.9. The molecule has 0 unspecified atom stereocenters. The van der Waals surface area contributed by atoms with Crippen LogP contribution in [0.25, 0.3) is 0 Å². The molecule has 1 saturated carbocycles. The maximum absolute atomic E-state index is 5.93. The third kappa shape index (κ3) is 2.46. The first-order valence-electron chi connectivity index (χ1n) is 6.71. The fraction of sp³-hybridized carbons (Fsp3) is 0.429. The standard InChI is InChI=1S/C14H18N4O2/c1-9(15)13-16-17-14(18(13)10-3-4-10)20-12-7-5-11(19-2)6-8-12/h5-10H,3-4,15H2,1-2H3/t9-/m1/s1. The molecule has 106 valence electrons. The molecule has 0 bridgehead atoms. The van der Waals surface area contributed by atoms with Crippen LogP contribution in [0.3, 0.4) is 0 Å². The molecule has 0 aliphatic heterocycles. The van der Waals surface area contributed by atoms with Gasteiger partial charge in [0, 0.05) is 6.04 Å². The van der Waals surface area contributed by atoms with Crippen molar-refractivity contribution in [3.8, 4) is 17.5 Å². The first-order valence-corrected chi connectivity index (χ1v) is 6.71. The van der Waals surface area contributed by atoms with Gasteiger partial charge >= 0.3 is 6.01 Å². The molecule has 1 fully saturated rings. The molecular formula is C14H18N4O2. The number of hydrogen-bond acceptors (Lipinski definition) is 5. The van der Waals surface area contributed by atoms with Gasteiger partial charge in [0.15, 0.2) is 5.82 Å². The van der Waals surface area contributed by atoms with E-state index in [9.17, 15) is 0 Å². The average Bonchev–Trinajstić information content (AvgIpc) is 3.20. The van der Waals surface area contributed by atoms with Gasteiger partial charge in [0.2, 0.25) is 0 Å². The highest BCUT2D eigenvalue weighted by molar-refractivity contribution is 5.32. The molecule has 0 amide bonds. The molecule has 3 rings (SSSR count). The van der Waals surface area contributed by atoms with Crippen LogP contribution in [-0.2, 0) is 0 Å². The minimum atomic E-state index is -0.156. The Labute approximate surface area is 117 Å². The molecule has 1 heterocycles. The van der Waals surface area contributed by atoms with Gasteiger partial charge in [-0.15, -0.1) is 5.10 Å². The van der Waals surface area contributed by atoms with Crippen molar-refractivity contribution in [2.75, 3.05) is 7.11 Å². The smallest absolute Gasteiger partial charge is 0.322 e. The Balaban J connectivity index is 1.86. The highest BCUT2D eigenvalue weighted by atomic mass is 16.5. The van der Waals surface area contributed by atoms with E-state index in [1.165, 1.54) is 0 Å². The SMILES string of the molecule is COc1ccc(Oc2nnc([C@@H](C)N)n2C2CC2)cc1. The van der Waals surface area contributed by atoms with E-state index in [4.69, 9.17) is 15.2 Å². The molecule has 6 heteroatoms. The molecule has 1 aromatic heterocycles. The minimum absolute atomic E-state index is 0.156. The molecule has 1 atom stereocenters. The van der Waals surface area contributed by atoms with Crippen LogP contribution in [0.5, 0.6) is 17.5 Å². The highest BCUT2D eigenvalue weighted by Gasteiger charge is 2.31. The number of ether oxygens (including phenoxy) is 2. The number of hydrogen-bond donors (Lipinski definition) is 1. The van der Waals surface area contributed by atoms with Crippen LogP contribution in [0.4, 0.5) is 0 Å². The molecule has 0 saturated heterocycles. The summed E-state index contributed by atoms with van der Waals surface area (Å²) in [5.41, 5.74) is 5.93. The van der Waals surface area contributed by atoms with E-state index in [2.05, 4.69) is 10.2 Å². The first-order chi connectivity index (χ1) is 9.69. The number of methoxy groups -OCH3 is 1. The minimum Gasteiger partial charge on any atom is -0.497 e. The molecule has 1 aromatic carbocycles. The fourth-order valence-corrected chi connectivity index (χ4v) is 2.09. The lowest BCUT2D eigenvalue weighted by Crippen LogP contribution is -2.13. The number of nitrogens with two attached hydrogens (primary N) is 1. The van der Waals surface area contributed by atoms with Crippen LogP contribution in [0, 0.1) is 0 Å². The zero-order valence-corrected chi connectivity index (χ0v) is 11.6. The van der Waals surface area contributed by atoms with Gasteiger partial charge in [0.25, 0.3) is 0 Å². The van der Waals surface area contributed by atoms with Gasteiger partial charge in [0.05, 0.1) is 13.2 Å². The third-order valence-electron chi connectivity index (χ3n) is 3.28. The van der Waals surface area contributed by atoms with Gasteiger partial charge in [0.1, 0.15) is 11.5 Å². The summed E-state index contributed by atoms with van der Waals surface area (Å²) in [7, 11) is 1.63. The van der Waals surface area contributed by atoms with E-state index in [1.54, 1.807) is 7.11 Å². The molecule has 0 spiro atoms. The Hall–Kier alpha value is -2.08. The maximum atomic E-state index is 5.93. The normalized spacial score (nSPS) is 15.9. The van der Waals surface area contributed by atoms with Gasteiger partial charge < -0.3 is 15.2 Å². The lowest BCUT2D eigenvalue weighted by Gasteiger charge is -2.11. The van der Waals surface area contributed by atoms with Crippen molar-refractivity contribution in [1.82, 2.24) is 14.8 Å². The van der Waals surface area contributed by atoms with E-state index < -0.39 is 0 Å². The Kier molecular flexibility index (Phi) is 3.31. The van der Waals surface area contributed by atoms with E-state index in [0.717, 1.165) is 24.4 Å². The zero-order valence-electron chi connectivity index (χ0n) is 11.6. The van der Waals surface area contributed by atoms with Crippen LogP contribution in [0.2, 0.25) is 0 Å². The summed E-state index contributed by atoms with van der Waals surface area (Å²) in [5.74, 6) is 2.27. The molecule has 2 aromatic rings. The maximum Gasteiger partial charge on any atom is 0.322 e. The van der Waals surface area contributed by atoms with Gasteiger partial charge in [-0.25, -0.2) is 0 Å². The monoisotopic (exact) mass is 274 g/mol. The highest BCUT2D eigenvalue weighted by Crippen LogP contribution is 2.40. The van der Waals surface area contributed by atoms with Crippen molar-refractivity contribution in [3.63, 3.8) is 0 Å². The second-order valence-electron chi connectivity index (χ2n) is 5.01. The largest absolute Gasteiger partial charge is 0.497 e. The number of rotatable bonds is 5. The molecule has 2 N–H and O–H groups in total. The summed E-state index contributed by atoms with van der Waals surface area (Å²) >= 11 is 0. The quantitative estimate of drug-likeness (QED) is 0.906. The summed E-state index contributed by atoms with van der Waals surface area (Å²) in [6.45, 7) is 1.90. The lowest BCUT2D eigenvalue weighted by atomic mass is 10.3. The Morgan fingerprint density at radius 1 is 1.20 bits per heavy atom. The van der Waals surface area contributed by atoms with Crippen molar-refractivity contribution < 1.29 is 9.47 Å². The molecule has 1 aliphatic rings. The molecular weight excluding hydrogens is 256 g/mol. The second-order valence-corrected chi connectivity index (χ2v) is 5.01. The molecule has 6 nitrogen and oxygen atoms in total. The van der Waals surface area contributed by atoms with Crippen molar-refractivity contribution in [1.29, 1.82) is 0 Å². The number of nitrogens with zero attached hydrogens (tertiary/aromatic N) is 3. The Morgan fingerprint density at radius 3 is 2.40 bits per heavy atom. The van der Waals surface area contributed by atoms with Crippen molar-refractivity contribution in [2.24, 2.45) is 5.73 Å². The predicted octanol–water partition coefficient (Wildman–Crippen LogP) is 2.43. The van der Waals surface area contributed by atoms with Crippen molar-refractivity contribution in [3.05, 3.63) is 30.1 Å². The van der Waals surface area contributed by atoms with Crippen molar-refractivity contribution >= 4 is 0 Å². The third-order valence-corrected chi connectivity index (χ3v) is 3.28. The van der Waals surface area contributed by atoms with Crippen LogP contribution in [-0.4, -0.2) is 21.9 Å². The molecule has 1 aliphatic carbocycles. The Bertz CT molecular complexity index is 588. The van der Waals surface area contributed by atoms with Crippen LogP contribution >= 0.6 is 0 Å². The van der Waals surface area contributed by atoms with Gasteiger partial charge in [-0.3, -0.25) is 4.57 Å². The van der Waals surface area contributed by atoms with E-state index in [0.29, 0.717) is 17.8 Å². The lowest BCUT2D eigenvalue weighted by molar-refractivity contribution is 0.399. The van der Waals surface area contributed by atoms with E-state index in [-0.39, 0.29) is 6.04 Å². The molecule has 20 heavy (non-hydrogen) atoms. The van der Waals surface area contributed by atoms with E-state index >= 15 is 0 Å². The summed E-state index contributed by atoms with van der Waals surface area (Å²) in [5, 5.41) is 8.26. The first kappa shape index (κ1) is 12.9. The number of benzene rings is 1. The molecule has 0 radical (unpaired) electrons. The van der Waals surface area contributed by atoms with Crippen LogP contribution in [0.15, 0.2) is 24.3 Å². The zero-order chi connectivity index (χ0) is 14.1. The van der Waals surface area contributed by atoms with Crippen molar-refractivity contribution in [2.45, 2.75) is 31.8 Å². The van der Waals surface area contributed by atoms with Gasteiger partial charge in [-0.05, 0) is 44.0 Å². The number of aromatic nitrogens is 3. The second kappa shape index (κ2) is 5.13.